The zero-order chi connectivity index (χ0) is 18.8. The summed E-state index contributed by atoms with van der Waals surface area (Å²) in [5.74, 6) is 0.0199. The molecule has 0 aliphatic carbocycles. The predicted molar refractivity (Wildman–Crippen MR) is 102 cm³/mol. The van der Waals surface area contributed by atoms with E-state index in [1.54, 1.807) is 23.7 Å². The van der Waals surface area contributed by atoms with E-state index >= 15 is 0 Å². The van der Waals surface area contributed by atoms with Gasteiger partial charge in [-0.3, -0.25) is 10.0 Å². The van der Waals surface area contributed by atoms with Gasteiger partial charge in [-0.25, -0.2) is 10.5 Å². The van der Waals surface area contributed by atoms with Crippen molar-refractivity contribution in [1.82, 2.24) is 15.4 Å². The number of nitrogens with one attached hydrogen (secondary N) is 2. The summed E-state index contributed by atoms with van der Waals surface area (Å²) in [5, 5.41) is 18.6. The van der Waals surface area contributed by atoms with E-state index in [4.69, 9.17) is 5.21 Å². The Bertz CT molecular complexity index is 1120. The van der Waals surface area contributed by atoms with Crippen LogP contribution >= 0.6 is 0 Å². The Balaban J connectivity index is 1.77. The van der Waals surface area contributed by atoms with Gasteiger partial charge in [-0.1, -0.05) is 42.5 Å². The molecule has 0 fully saturated rings. The molecule has 0 unspecified atom stereocenters. The van der Waals surface area contributed by atoms with Gasteiger partial charge in [-0.05, 0) is 41.0 Å². The minimum absolute atomic E-state index is 0.120. The van der Waals surface area contributed by atoms with Gasteiger partial charge in [0, 0.05) is 11.1 Å². The maximum Gasteiger partial charge on any atom is 0.274 e. The van der Waals surface area contributed by atoms with Crippen molar-refractivity contribution in [3.05, 3.63) is 77.9 Å². The normalized spacial score (nSPS) is 10.9. The maximum absolute atomic E-state index is 11.6. The number of benzene rings is 3. The number of nitrogens with zero attached hydrogens (tertiary/aromatic N) is 1. The van der Waals surface area contributed by atoms with E-state index in [0.29, 0.717) is 22.4 Å². The van der Waals surface area contributed by atoms with Crippen molar-refractivity contribution in [2.75, 3.05) is 0 Å². The fourth-order valence-electron chi connectivity index (χ4n) is 3.11. The minimum Gasteiger partial charge on any atom is -0.392 e. The highest BCUT2D eigenvalue weighted by Crippen LogP contribution is 2.29. The molecule has 0 spiro atoms. The van der Waals surface area contributed by atoms with Crippen molar-refractivity contribution in [2.45, 2.75) is 6.61 Å². The van der Waals surface area contributed by atoms with Crippen molar-refractivity contribution < 1.29 is 15.1 Å². The third-order valence-corrected chi connectivity index (χ3v) is 4.48. The molecule has 3 aromatic carbocycles. The Morgan fingerprint density at radius 2 is 1.81 bits per heavy atom. The summed E-state index contributed by atoms with van der Waals surface area (Å²) in [6, 6.07) is 20.7. The van der Waals surface area contributed by atoms with Gasteiger partial charge in [0.2, 0.25) is 0 Å². The Morgan fingerprint density at radius 1 is 1.00 bits per heavy atom. The van der Waals surface area contributed by atoms with Crippen LogP contribution in [0, 0.1) is 0 Å². The molecule has 1 amide bonds. The third-order valence-electron chi connectivity index (χ3n) is 4.48. The smallest absolute Gasteiger partial charge is 0.274 e. The second kappa shape index (κ2) is 7.03. The SMILES string of the molecule is O=C(NO)c1ccc2nc(-c3ccc(-c4ccccc4)cc3CO)[nH]c2c1. The number of carbonyl (C=O) groups excluding carboxylic acids is 1. The number of hydrogen-bond donors (Lipinski definition) is 4. The summed E-state index contributed by atoms with van der Waals surface area (Å²) >= 11 is 0. The standard InChI is InChI=1S/C21H17N3O3/c25-12-16-10-14(13-4-2-1-3-5-13)6-8-17(16)20-22-18-9-7-15(21(26)24-27)11-19(18)23-20/h1-11,25,27H,12H2,(H,22,23)(H,24,26). The molecule has 6 nitrogen and oxygen atoms in total. The van der Waals surface area contributed by atoms with Gasteiger partial charge in [0.15, 0.2) is 0 Å². The molecule has 27 heavy (non-hydrogen) atoms. The molecule has 0 aliphatic rings. The average molecular weight is 359 g/mol. The highest BCUT2D eigenvalue weighted by molar-refractivity contribution is 5.97. The second-order valence-corrected chi connectivity index (χ2v) is 6.15. The van der Waals surface area contributed by atoms with Gasteiger partial charge < -0.3 is 10.1 Å². The van der Waals surface area contributed by atoms with Crippen molar-refractivity contribution in [2.24, 2.45) is 0 Å². The quantitative estimate of drug-likeness (QED) is 0.331. The fraction of sp³-hybridized carbons (Fsp3) is 0.0476. The summed E-state index contributed by atoms with van der Waals surface area (Å²) in [6.45, 7) is -0.120. The Morgan fingerprint density at radius 3 is 2.56 bits per heavy atom. The highest BCUT2D eigenvalue weighted by Gasteiger charge is 2.13. The van der Waals surface area contributed by atoms with Gasteiger partial charge in [0.05, 0.1) is 17.6 Å². The Labute approximate surface area is 155 Å². The van der Waals surface area contributed by atoms with Gasteiger partial charge >= 0.3 is 0 Å². The van der Waals surface area contributed by atoms with Crippen LogP contribution in [0.15, 0.2) is 66.7 Å². The molecular weight excluding hydrogens is 342 g/mol. The van der Waals surface area contributed by atoms with Crippen LogP contribution in [0.3, 0.4) is 0 Å². The van der Waals surface area contributed by atoms with Crippen LogP contribution in [0.4, 0.5) is 0 Å². The number of fused-ring (bicyclic) bond motifs is 1. The first-order valence-corrected chi connectivity index (χ1v) is 8.43. The number of amides is 1. The Hall–Kier alpha value is -3.48. The molecule has 1 aromatic heterocycles. The first-order chi connectivity index (χ1) is 13.2. The summed E-state index contributed by atoms with van der Waals surface area (Å²) < 4.78 is 0. The van der Waals surface area contributed by atoms with Crippen LogP contribution in [0.2, 0.25) is 0 Å². The molecule has 0 saturated heterocycles. The number of hydroxylamine groups is 1. The molecule has 134 valence electrons. The summed E-state index contributed by atoms with van der Waals surface area (Å²) in [7, 11) is 0. The lowest BCUT2D eigenvalue weighted by Crippen LogP contribution is -2.18. The van der Waals surface area contributed by atoms with Crippen molar-refractivity contribution in [1.29, 1.82) is 0 Å². The van der Waals surface area contributed by atoms with Crippen LogP contribution < -0.4 is 5.48 Å². The van der Waals surface area contributed by atoms with E-state index in [0.717, 1.165) is 22.3 Å². The number of carbonyl (C=O) groups is 1. The molecule has 0 saturated carbocycles. The minimum atomic E-state index is -0.587. The number of imidazole rings is 1. The first kappa shape index (κ1) is 17.0. The number of hydrogen-bond acceptors (Lipinski definition) is 4. The van der Waals surface area contributed by atoms with Crippen LogP contribution in [0.5, 0.6) is 0 Å². The third kappa shape index (κ3) is 3.19. The predicted octanol–water partition coefficient (Wildman–Crippen LogP) is 3.51. The van der Waals surface area contributed by atoms with Crippen LogP contribution in [0.25, 0.3) is 33.5 Å². The number of aromatic amines is 1. The van der Waals surface area contributed by atoms with Crippen LogP contribution in [-0.2, 0) is 6.61 Å². The summed E-state index contributed by atoms with van der Waals surface area (Å²) in [4.78, 5) is 19.3. The van der Waals surface area contributed by atoms with Crippen LogP contribution in [-0.4, -0.2) is 26.2 Å². The lowest BCUT2D eigenvalue weighted by Gasteiger charge is -2.08. The summed E-state index contributed by atoms with van der Waals surface area (Å²) in [6.07, 6.45) is 0. The van der Waals surface area contributed by atoms with Gasteiger partial charge in [0.25, 0.3) is 5.91 Å². The topological polar surface area (TPSA) is 98.2 Å². The number of aliphatic hydroxyl groups is 1. The monoisotopic (exact) mass is 359 g/mol. The van der Waals surface area contributed by atoms with Gasteiger partial charge in [-0.2, -0.15) is 0 Å². The number of aromatic nitrogens is 2. The molecule has 4 N–H and O–H groups in total. The van der Waals surface area contributed by atoms with E-state index in [1.807, 2.05) is 48.5 Å². The first-order valence-electron chi connectivity index (χ1n) is 8.43. The van der Waals surface area contributed by atoms with E-state index in [-0.39, 0.29) is 6.61 Å². The lowest BCUT2D eigenvalue weighted by atomic mass is 9.99. The molecule has 0 bridgehead atoms. The van der Waals surface area contributed by atoms with Gasteiger partial charge in [0.1, 0.15) is 5.82 Å². The molecule has 1 heterocycles. The number of rotatable bonds is 4. The van der Waals surface area contributed by atoms with E-state index in [2.05, 4.69) is 9.97 Å². The molecule has 4 rings (SSSR count). The molecule has 0 aliphatic heterocycles. The number of H-pyrrole nitrogens is 1. The van der Waals surface area contributed by atoms with Crippen LogP contribution in [0.1, 0.15) is 15.9 Å². The zero-order valence-corrected chi connectivity index (χ0v) is 14.3. The van der Waals surface area contributed by atoms with Crippen molar-refractivity contribution in [3.63, 3.8) is 0 Å². The second-order valence-electron chi connectivity index (χ2n) is 6.15. The van der Waals surface area contributed by atoms with E-state index in [9.17, 15) is 9.90 Å². The summed E-state index contributed by atoms with van der Waals surface area (Å²) in [5.41, 5.74) is 6.93. The zero-order valence-electron chi connectivity index (χ0n) is 14.3. The number of aliphatic hydroxyl groups excluding tert-OH is 1. The molecule has 0 atom stereocenters. The average Bonchev–Trinajstić information content (AvgIpc) is 3.16. The fourth-order valence-corrected chi connectivity index (χ4v) is 3.11. The van der Waals surface area contributed by atoms with Gasteiger partial charge in [-0.15, -0.1) is 0 Å². The maximum atomic E-state index is 11.6. The van der Waals surface area contributed by atoms with Crippen molar-refractivity contribution in [3.8, 4) is 22.5 Å². The highest BCUT2D eigenvalue weighted by atomic mass is 16.5. The molecule has 4 aromatic rings. The van der Waals surface area contributed by atoms with Crippen molar-refractivity contribution >= 4 is 16.9 Å². The molecule has 0 radical (unpaired) electrons. The van der Waals surface area contributed by atoms with E-state index in [1.165, 1.54) is 0 Å². The van der Waals surface area contributed by atoms with E-state index < -0.39 is 5.91 Å². The lowest BCUT2D eigenvalue weighted by molar-refractivity contribution is 0.0706. The molecular formula is C21H17N3O3. The largest absolute Gasteiger partial charge is 0.392 e. The molecule has 6 heteroatoms. The Kier molecular flexibility index (Phi) is 4.42.